The van der Waals surface area contributed by atoms with Gasteiger partial charge >= 0.3 is 11.9 Å². The Morgan fingerprint density at radius 3 is 2.50 bits per heavy atom. The van der Waals surface area contributed by atoms with Crippen molar-refractivity contribution in [3.63, 3.8) is 0 Å². The van der Waals surface area contributed by atoms with Gasteiger partial charge in [0, 0.05) is 6.42 Å². The molecule has 0 spiro atoms. The Morgan fingerprint density at radius 1 is 1.33 bits per heavy atom. The van der Waals surface area contributed by atoms with Crippen molar-refractivity contribution in [3.8, 4) is 0 Å². The molecule has 1 rings (SSSR count). The molecule has 0 radical (unpaired) electrons. The molecule has 1 heterocycles. The van der Waals surface area contributed by atoms with Crippen molar-refractivity contribution in [2.24, 2.45) is 0 Å². The summed E-state index contributed by atoms with van der Waals surface area (Å²) in [4.78, 5) is 24.8. The maximum atomic E-state index is 12.1. The summed E-state index contributed by atoms with van der Waals surface area (Å²) in [6, 6.07) is -0.629. The number of ether oxygens (including phenoxy) is 2. The highest BCUT2D eigenvalue weighted by atomic mass is 32.2. The van der Waals surface area contributed by atoms with Gasteiger partial charge in [0.2, 0.25) is 0 Å². The number of hydrogen-bond donors (Lipinski definition) is 1. The highest BCUT2D eigenvalue weighted by Crippen LogP contribution is 2.24. The summed E-state index contributed by atoms with van der Waals surface area (Å²) in [5.41, 5.74) is 0.190. The Morgan fingerprint density at radius 2 is 2.00 bits per heavy atom. The first-order valence-electron chi connectivity index (χ1n) is 7.87. The van der Waals surface area contributed by atoms with Crippen LogP contribution in [0.25, 0.3) is 0 Å². The lowest BCUT2D eigenvalue weighted by Gasteiger charge is -2.21. The van der Waals surface area contributed by atoms with Crippen LogP contribution in [0.5, 0.6) is 0 Å². The maximum Gasteiger partial charge on any atom is 0.324 e. The number of aromatic nitrogens is 1. The molecule has 0 fully saturated rings. The highest BCUT2D eigenvalue weighted by Gasteiger charge is 2.24. The predicted molar refractivity (Wildman–Crippen MR) is 90.5 cm³/mol. The fourth-order valence-corrected chi connectivity index (χ4v) is 2.71. The average molecular weight is 358 g/mol. The molecule has 1 atom stereocenters. The largest absolute Gasteiger partial charge is 0.465 e. The van der Waals surface area contributed by atoms with Crippen LogP contribution in [0, 0.1) is 13.8 Å². The number of nitrogens with one attached hydrogen (secondary N) is 1. The topological polar surface area (TPSA) is 90.7 Å². The van der Waals surface area contributed by atoms with E-state index in [-0.39, 0.29) is 25.4 Å². The fraction of sp³-hybridized carbons (Fsp3) is 0.688. The molecular weight excluding hydrogens is 332 g/mol. The van der Waals surface area contributed by atoms with Crippen molar-refractivity contribution in [2.75, 3.05) is 6.61 Å². The monoisotopic (exact) mass is 358 g/mol. The smallest absolute Gasteiger partial charge is 0.324 e. The summed E-state index contributed by atoms with van der Waals surface area (Å²) in [6.07, 6.45) is 0.403. The highest BCUT2D eigenvalue weighted by molar-refractivity contribution is 7.97. The standard InChI is InChI=1S/C16H26N2O5S/c1-7-21-15(20)12(8-9-13(19)22-16(4,5)6)18-24-14-10(2)17-23-11(14)3/h12,18H,7-9H2,1-6H3. The van der Waals surface area contributed by atoms with Gasteiger partial charge in [-0.25, -0.2) is 4.72 Å². The van der Waals surface area contributed by atoms with Crippen molar-refractivity contribution in [3.05, 3.63) is 11.5 Å². The average Bonchev–Trinajstić information content (AvgIpc) is 2.77. The minimum Gasteiger partial charge on any atom is -0.465 e. The van der Waals surface area contributed by atoms with E-state index in [9.17, 15) is 9.59 Å². The molecule has 1 unspecified atom stereocenters. The van der Waals surface area contributed by atoms with Crippen LogP contribution in [0.1, 0.15) is 52.0 Å². The summed E-state index contributed by atoms with van der Waals surface area (Å²) in [5, 5.41) is 3.86. The number of carbonyl (C=O) groups is 2. The number of nitrogens with zero attached hydrogens (tertiary/aromatic N) is 1. The minimum absolute atomic E-state index is 0.121. The van der Waals surface area contributed by atoms with Gasteiger partial charge in [0.1, 0.15) is 17.4 Å². The van der Waals surface area contributed by atoms with Gasteiger partial charge in [0.15, 0.2) is 0 Å². The number of hydrogen-bond acceptors (Lipinski definition) is 8. The van der Waals surface area contributed by atoms with Crippen molar-refractivity contribution in [1.82, 2.24) is 9.88 Å². The van der Waals surface area contributed by atoms with Crippen LogP contribution < -0.4 is 4.72 Å². The van der Waals surface area contributed by atoms with Gasteiger partial charge in [-0.2, -0.15) is 0 Å². The maximum absolute atomic E-state index is 12.1. The molecular formula is C16H26N2O5S. The molecule has 8 heteroatoms. The van der Waals surface area contributed by atoms with Crippen LogP contribution in [-0.2, 0) is 19.1 Å². The van der Waals surface area contributed by atoms with Crippen LogP contribution in [0.4, 0.5) is 0 Å². The molecule has 0 aliphatic heterocycles. The van der Waals surface area contributed by atoms with Gasteiger partial charge in [-0.05, 0) is 59.9 Å². The second-order valence-electron chi connectivity index (χ2n) is 6.30. The van der Waals surface area contributed by atoms with E-state index in [1.54, 1.807) is 34.6 Å². The normalized spacial score (nSPS) is 12.8. The minimum atomic E-state index is -0.629. The zero-order chi connectivity index (χ0) is 18.3. The molecule has 136 valence electrons. The molecule has 1 aromatic rings. The molecule has 0 amide bonds. The molecule has 0 saturated carbocycles. The van der Waals surface area contributed by atoms with E-state index in [0.29, 0.717) is 5.76 Å². The molecule has 1 N–H and O–H groups in total. The lowest BCUT2D eigenvalue weighted by molar-refractivity contribution is -0.155. The van der Waals surface area contributed by atoms with Gasteiger partial charge in [-0.1, -0.05) is 5.16 Å². The van der Waals surface area contributed by atoms with Crippen LogP contribution in [0.2, 0.25) is 0 Å². The quantitative estimate of drug-likeness (QED) is 0.560. The van der Waals surface area contributed by atoms with Gasteiger partial charge < -0.3 is 14.0 Å². The van der Waals surface area contributed by atoms with E-state index in [1.807, 2.05) is 6.92 Å². The molecule has 7 nitrogen and oxygen atoms in total. The Kier molecular flexibility index (Phi) is 7.75. The van der Waals surface area contributed by atoms with Crippen molar-refractivity contribution in [2.45, 2.75) is 70.9 Å². The zero-order valence-electron chi connectivity index (χ0n) is 15.1. The zero-order valence-corrected chi connectivity index (χ0v) is 15.9. The van der Waals surface area contributed by atoms with Gasteiger partial charge in [-0.3, -0.25) is 9.59 Å². The third-order valence-corrected chi connectivity index (χ3v) is 4.09. The van der Waals surface area contributed by atoms with Crippen LogP contribution in [0.15, 0.2) is 9.42 Å². The van der Waals surface area contributed by atoms with Gasteiger partial charge in [-0.15, -0.1) is 0 Å². The molecule has 0 saturated heterocycles. The number of carbonyl (C=O) groups excluding carboxylic acids is 2. The van der Waals surface area contributed by atoms with Crippen LogP contribution >= 0.6 is 11.9 Å². The van der Waals surface area contributed by atoms with Gasteiger partial charge in [0.25, 0.3) is 0 Å². The molecule has 0 aliphatic carbocycles. The van der Waals surface area contributed by atoms with Crippen LogP contribution in [-0.4, -0.2) is 35.3 Å². The third-order valence-electron chi connectivity index (χ3n) is 2.90. The summed E-state index contributed by atoms with van der Waals surface area (Å²) in [6.45, 7) is 11.0. The Bertz CT molecular complexity index is 546. The summed E-state index contributed by atoms with van der Waals surface area (Å²) in [7, 11) is 0. The summed E-state index contributed by atoms with van der Waals surface area (Å²) in [5.74, 6) is -0.0824. The van der Waals surface area contributed by atoms with E-state index in [2.05, 4.69) is 9.88 Å². The first-order chi connectivity index (χ1) is 11.1. The van der Waals surface area contributed by atoms with Crippen molar-refractivity contribution in [1.29, 1.82) is 0 Å². The summed E-state index contributed by atoms with van der Waals surface area (Å²) < 4.78 is 18.5. The van der Waals surface area contributed by atoms with Crippen molar-refractivity contribution < 1.29 is 23.6 Å². The van der Waals surface area contributed by atoms with E-state index in [4.69, 9.17) is 14.0 Å². The SMILES string of the molecule is CCOC(=O)C(CCC(=O)OC(C)(C)C)NSc1c(C)noc1C. The van der Waals surface area contributed by atoms with E-state index in [0.717, 1.165) is 10.6 Å². The third kappa shape index (κ3) is 6.92. The summed E-state index contributed by atoms with van der Waals surface area (Å²) >= 11 is 1.25. The molecule has 0 aliphatic rings. The number of aryl methyl sites for hydroxylation is 2. The first-order valence-corrected chi connectivity index (χ1v) is 8.69. The Hall–Kier alpha value is -1.54. The second kappa shape index (κ2) is 9.08. The van der Waals surface area contributed by atoms with E-state index >= 15 is 0 Å². The van der Waals surface area contributed by atoms with Crippen molar-refractivity contribution >= 4 is 23.9 Å². The van der Waals surface area contributed by atoms with Crippen LogP contribution in [0.3, 0.4) is 0 Å². The molecule has 1 aromatic heterocycles. The second-order valence-corrected chi connectivity index (χ2v) is 7.15. The molecule has 0 aromatic carbocycles. The fourth-order valence-electron chi connectivity index (χ4n) is 1.87. The molecule has 24 heavy (non-hydrogen) atoms. The Labute approximate surface area is 146 Å². The van der Waals surface area contributed by atoms with E-state index < -0.39 is 17.6 Å². The first kappa shape index (κ1) is 20.5. The lowest BCUT2D eigenvalue weighted by Crippen LogP contribution is -2.35. The lowest BCUT2D eigenvalue weighted by atomic mass is 10.1. The number of esters is 2. The Balaban J connectivity index is 2.64. The molecule has 0 bridgehead atoms. The predicted octanol–water partition coefficient (Wildman–Crippen LogP) is 2.94. The van der Waals surface area contributed by atoms with Gasteiger partial charge in [0.05, 0.1) is 17.2 Å². The number of rotatable bonds is 8. The van der Waals surface area contributed by atoms with E-state index in [1.165, 1.54) is 11.9 Å².